The SMILES string of the molecule is O=C(O)c1cc(-c2ncncn2)cc(-c2ncncn2)c1. The lowest BCUT2D eigenvalue weighted by Crippen LogP contribution is -2.00. The number of nitrogens with zero attached hydrogens (tertiary/aromatic N) is 6. The molecule has 2 aromatic heterocycles. The van der Waals surface area contributed by atoms with E-state index in [4.69, 9.17) is 0 Å². The number of hydrogen-bond acceptors (Lipinski definition) is 7. The predicted molar refractivity (Wildman–Crippen MR) is 71.0 cm³/mol. The zero-order valence-electron chi connectivity index (χ0n) is 10.6. The summed E-state index contributed by atoms with van der Waals surface area (Å²) in [4.78, 5) is 34.8. The lowest BCUT2D eigenvalue weighted by Gasteiger charge is -2.05. The lowest BCUT2D eigenvalue weighted by molar-refractivity contribution is 0.0697. The number of aromatic nitrogens is 6. The fourth-order valence-electron chi connectivity index (χ4n) is 1.79. The number of rotatable bonds is 3. The average Bonchev–Trinajstić information content (AvgIpc) is 2.56. The van der Waals surface area contributed by atoms with Crippen molar-refractivity contribution in [1.82, 2.24) is 29.9 Å². The molecule has 1 aromatic carbocycles. The smallest absolute Gasteiger partial charge is 0.335 e. The third-order valence-electron chi connectivity index (χ3n) is 2.68. The van der Waals surface area contributed by atoms with Gasteiger partial charge in [0.15, 0.2) is 11.6 Å². The molecule has 0 amide bonds. The Kier molecular flexibility index (Phi) is 3.26. The van der Waals surface area contributed by atoms with Gasteiger partial charge in [0.2, 0.25) is 0 Å². The van der Waals surface area contributed by atoms with Crippen molar-refractivity contribution < 1.29 is 9.90 Å². The molecular formula is C13H8N6O2. The van der Waals surface area contributed by atoms with Crippen molar-refractivity contribution in [3.63, 3.8) is 0 Å². The van der Waals surface area contributed by atoms with E-state index < -0.39 is 5.97 Å². The molecule has 0 unspecified atom stereocenters. The Labute approximate surface area is 118 Å². The summed E-state index contributed by atoms with van der Waals surface area (Å²) in [6.45, 7) is 0. The van der Waals surface area contributed by atoms with Crippen LogP contribution in [0.2, 0.25) is 0 Å². The highest BCUT2D eigenvalue weighted by Gasteiger charge is 2.12. The molecule has 8 nitrogen and oxygen atoms in total. The van der Waals surface area contributed by atoms with Gasteiger partial charge in [-0.15, -0.1) is 0 Å². The first kappa shape index (κ1) is 12.7. The van der Waals surface area contributed by atoms with E-state index in [2.05, 4.69) is 29.9 Å². The van der Waals surface area contributed by atoms with Crippen LogP contribution in [0.15, 0.2) is 43.5 Å². The van der Waals surface area contributed by atoms with Gasteiger partial charge in [-0.1, -0.05) is 0 Å². The van der Waals surface area contributed by atoms with Gasteiger partial charge in [-0.25, -0.2) is 34.7 Å². The molecule has 2 heterocycles. The molecule has 3 rings (SSSR count). The van der Waals surface area contributed by atoms with Crippen LogP contribution in [0.1, 0.15) is 10.4 Å². The minimum Gasteiger partial charge on any atom is -0.478 e. The second-order valence-electron chi connectivity index (χ2n) is 4.03. The maximum absolute atomic E-state index is 11.3. The van der Waals surface area contributed by atoms with E-state index in [1.54, 1.807) is 6.07 Å². The molecule has 3 aromatic rings. The van der Waals surface area contributed by atoms with Crippen molar-refractivity contribution in [2.45, 2.75) is 0 Å². The Morgan fingerprint density at radius 2 is 1.19 bits per heavy atom. The lowest BCUT2D eigenvalue weighted by atomic mass is 10.0. The van der Waals surface area contributed by atoms with Gasteiger partial charge < -0.3 is 5.11 Å². The zero-order valence-corrected chi connectivity index (χ0v) is 10.6. The van der Waals surface area contributed by atoms with Crippen LogP contribution in [-0.4, -0.2) is 41.0 Å². The molecule has 0 saturated heterocycles. The Hall–Kier alpha value is -3.29. The molecule has 0 aliphatic carbocycles. The Morgan fingerprint density at radius 1 is 0.762 bits per heavy atom. The van der Waals surface area contributed by atoms with Gasteiger partial charge in [0.25, 0.3) is 0 Å². The third kappa shape index (κ3) is 2.68. The van der Waals surface area contributed by atoms with Crippen LogP contribution in [0.25, 0.3) is 22.8 Å². The molecule has 0 aliphatic rings. The fourth-order valence-corrected chi connectivity index (χ4v) is 1.79. The molecule has 0 aliphatic heterocycles. The Bertz CT molecular complexity index is 721. The van der Waals surface area contributed by atoms with E-state index in [-0.39, 0.29) is 5.56 Å². The number of aromatic carboxylic acids is 1. The van der Waals surface area contributed by atoms with Gasteiger partial charge in [0, 0.05) is 11.1 Å². The van der Waals surface area contributed by atoms with Crippen LogP contribution in [0.3, 0.4) is 0 Å². The van der Waals surface area contributed by atoms with E-state index in [0.29, 0.717) is 22.8 Å². The molecule has 1 N–H and O–H groups in total. The maximum Gasteiger partial charge on any atom is 0.335 e. The Morgan fingerprint density at radius 3 is 1.57 bits per heavy atom. The summed E-state index contributed by atoms with van der Waals surface area (Å²) in [6, 6.07) is 4.70. The molecule has 21 heavy (non-hydrogen) atoms. The average molecular weight is 280 g/mol. The maximum atomic E-state index is 11.3. The summed E-state index contributed by atoms with van der Waals surface area (Å²) in [6.07, 6.45) is 5.38. The number of carbonyl (C=O) groups is 1. The normalized spacial score (nSPS) is 10.3. The second-order valence-corrected chi connectivity index (χ2v) is 4.03. The van der Waals surface area contributed by atoms with Crippen molar-refractivity contribution >= 4 is 5.97 Å². The zero-order chi connectivity index (χ0) is 14.7. The first-order chi connectivity index (χ1) is 10.2. The minimum atomic E-state index is -1.05. The van der Waals surface area contributed by atoms with Gasteiger partial charge in [-0.3, -0.25) is 0 Å². The minimum absolute atomic E-state index is 0.100. The molecule has 0 radical (unpaired) electrons. The fraction of sp³-hybridized carbons (Fsp3) is 0. The van der Waals surface area contributed by atoms with Crippen LogP contribution in [-0.2, 0) is 0 Å². The third-order valence-corrected chi connectivity index (χ3v) is 2.68. The van der Waals surface area contributed by atoms with Crippen LogP contribution in [0.4, 0.5) is 0 Å². The topological polar surface area (TPSA) is 115 Å². The summed E-state index contributed by atoms with van der Waals surface area (Å²) < 4.78 is 0. The number of hydrogen-bond donors (Lipinski definition) is 1. The predicted octanol–water partition coefficient (Wildman–Crippen LogP) is 1.09. The molecule has 0 fully saturated rings. The van der Waals surface area contributed by atoms with E-state index in [0.717, 1.165) is 0 Å². The second kappa shape index (κ2) is 5.37. The first-order valence-electron chi connectivity index (χ1n) is 5.87. The summed E-state index contributed by atoms with van der Waals surface area (Å²) in [7, 11) is 0. The van der Waals surface area contributed by atoms with Crippen molar-refractivity contribution in [2.24, 2.45) is 0 Å². The highest BCUT2D eigenvalue weighted by atomic mass is 16.4. The van der Waals surface area contributed by atoms with Crippen LogP contribution >= 0.6 is 0 Å². The van der Waals surface area contributed by atoms with Gasteiger partial charge >= 0.3 is 5.97 Å². The monoisotopic (exact) mass is 280 g/mol. The standard InChI is InChI=1S/C13H8N6O2/c20-13(21)10-2-8(11-16-4-14-5-17-11)1-9(3-10)12-18-6-15-7-19-12/h1-7H,(H,20,21). The van der Waals surface area contributed by atoms with Gasteiger partial charge in [0.05, 0.1) is 5.56 Å². The molecule has 0 bridgehead atoms. The molecule has 8 heteroatoms. The van der Waals surface area contributed by atoms with Crippen LogP contribution in [0, 0.1) is 0 Å². The van der Waals surface area contributed by atoms with Crippen LogP contribution in [0.5, 0.6) is 0 Å². The highest BCUT2D eigenvalue weighted by Crippen LogP contribution is 2.24. The molecule has 0 saturated carbocycles. The molecule has 0 atom stereocenters. The van der Waals surface area contributed by atoms with Crippen molar-refractivity contribution in [1.29, 1.82) is 0 Å². The van der Waals surface area contributed by atoms with E-state index in [1.165, 1.54) is 37.4 Å². The quantitative estimate of drug-likeness (QED) is 0.758. The summed E-state index contributed by atoms with van der Waals surface area (Å²) in [5.41, 5.74) is 1.20. The van der Waals surface area contributed by atoms with Crippen molar-refractivity contribution in [3.05, 3.63) is 49.1 Å². The summed E-state index contributed by atoms with van der Waals surface area (Å²) >= 11 is 0. The van der Waals surface area contributed by atoms with Crippen molar-refractivity contribution in [3.8, 4) is 22.8 Å². The van der Waals surface area contributed by atoms with E-state index in [9.17, 15) is 9.90 Å². The van der Waals surface area contributed by atoms with Gasteiger partial charge in [-0.05, 0) is 18.2 Å². The highest BCUT2D eigenvalue weighted by molar-refractivity contribution is 5.91. The summed E-state index contributed by atoms with van der Waals surface area (Å²) in [5.74, 6) is -0.298. The molecule has 102 valence electrons. The van der Waals surface area contributed by atoms with Gasteiger partial charge in [0.1, 0.15) is 25.3 Å². The summed E-state index contributed by atoms with van der Waals surface area (Å²) in [5, 5.41) is 9.22. The largest absolute Gasteiger partial charge is 0.478 e. The Balaban J connectivity index is 2.18. The van der Waals surface area contributed by atoms with E-state index in [1.807, 2.05) is 0 Å². The number of carboxylic acid groups (broad SMARTS) is 1. The molecular weight excluding hydrogens is 272 g/mol. The molecule has 0 spiro atoms. The van der Waals surface area contributed by atoms with Crippen LogP contribution < -0.4 is 0 Å². The number of benzene rings is 1. The first-order valence-corrected chi connectivity index (χ1v) is 5.87. The van der Waals surface area contributed by atoms with Gasteiger partial charge in [-0.2, -0.15) is 0 Å². The number of carboxylic acids is 1. The van der Waals surface area contributed by atoms with E-state index >= 15 is 0 Å². The van der Waals surface area contributed by atoms with Crippen molar-refractivity contribution in [2.75, 3.05) is 0 Å².